The number of hydrogen-bond donors (Lipinski definition) is 1. The van der Waals surface area contributed by atoms with E-state index in [1.54, 1.807) is 12.3 Å². The van der Waals surface area contributed by atoms with E-state index in [9.17, 15) is 9.50 Å². The molecule has 2 saturated heterocycles. The van der Waals surface area contributed by atoms with Crippen molar-refractivity contribution in [3.05, 3.63) is 64.7 Å². The molecular formula is C33H30ClF2N5O3. The van der Waals surface area contributed by atoms with Crippen LogP contribution in [0, 0.1) is 12.7 Å². The van der Waals surface area contributed by atoms with Crippen molar-refractivity contribution >= 4 is 33.3 Å². The molecule has 6 heterocycles. The van der Waals surface area contributed by atoms with Crippen LogP contribution < -0.4 is 4.74 Å². The van der Waals surface area contributed by atoms with Gasteiger partial charge in [0.15, 0.2) is 5.82 Å². The molecule has 226 valence electrons. The lowest BCUT2D eigenvalue weighted by molar-refractivity contribution is 0.0855. The van der Waals surface area contributed by atoms with E-state index in [2.05, 4.69) is 19.4 Å². The van der Waals surface area contributed by atoms with Gasteiger partial charge in [-0.25, -0.2) is 8.78 Å². The van der Waals surface area contributed by atoms with Crippen LogP contribution in [-0.4, -0.2) is 67.5 Å². The van der Waals surface area contributed by atoms with Crippen molar-refractivity contribution in [2.75, 3.05) is 26.3 Å². The Balaban J connectivity index is 1.31. The molecule has 5 aromatic rings. The van der Waals surface area contributed by atoms with Gasteiger partial charge in [-0.15, -0.1) is 0 Å². The third kappa shape index (κ3) is 4.34. The van der Waals surface area contributed by atoms with Gasteiger partial charge in [0, 0.05) is 47.7 Å². The highest BCUT2D eigenvalue weighted by Gasteiger charge is 2.49. The highest BCUT2D eigenvalue weighted by Crippen LogP contribution is 2.42. The zero-order chi connectivity index (χ0) is 30.2. The number of fused-ring (bicyclic) bond motifs is 4. The number of phenols is 1. The Labute approximate surface area is 257 Å². The Bertz CT molecular complexity index is 1970. The largest absolute Gasteiger partial charge is 0.508 e. The quantitative estimate of drug-likeness (QED) is 0.238. The van der Waals surface area contributed by atoms with E-state index in [0.717, 1.165) is 36.3 Å². The van der Waals surface area contributed by atoms with Crippen molar-refractivity contribution in [2.45, 2.75) is 51.0 Å². The summed E-state index contributed by atoms with van der Waals surface area (Å²) in [6.45, 7) is 4.95. The first-order valence-corrected chi connectivity index (χ1v) is 15.3. The number of hydrogen-bond acceptors (Lipinski definition) is 7. The number of benzene rings is 2. The fourth-order valence-electron chi connectivity index (χ4n) is 7.27. The second-order valence-corrected chi connectivity index (χ2v) is 12.5. The average molecular weight is 618 g/mol. The average Bonchev–Trinajstić information content (AvgIpc) is 3.70. The molecule has 0 amide bonds. The van der Waals surface area contributed by atoms with Crippen molar-refractivity contribution in [3.63, 3.8) is 0 Å². The first-order valence-electron chi connectivity index (χ1n) is 14.9. The standard InChI is InChI=1S/C33H30ClF2N5O3/c1-18-3-4-19-11-22(42)12-23(26(19)27(18)34)30-28(36)31-24(14-37-30)29(25-6-5-21-16-43-10-9-41(21)25)38-32(39-31)44-17-33-7-2-8-40(33)15-20(35)13-33/h3-6,11-12,14,20,42H,2,7-10,13,15-17H2,1H3/t20-,33+/m1/s1. The van der Waals surface area contributed by atoms with Gasteiger partial charge in [-0.05, 0) is 61.5 Å². The smallest absolute Gasteiger partial charge is 0.317 e. The van der Waals surface area contributed by atoms with E-state index in [1.165, 1.54) is 6.07 Å². The molecule has 2 aromatic carbocycles. The third-order valence-electron chi connectivity index (χ3n) is 9.40. The van der Waals surface area contributed by atoms with Crippen LogP contribution >= 0.6 is 11.6 Å². The summed E-state index contributed by atoms with van der Waals surface area (Å²) in [4.78, 5) is 16.1. The second-order valence-electron chi connectivity index (χ2n) is 12.1. The second kappa shape index (κ2) is 10.4. The molecule has 1 N–H and O–H groups in total. The van der Waals surface area contributed by atoms with E-state index < -0.39 is 17.5 Å². The predicted octanol–water partition coefficient (Wildman–Crippen LogP) is 6.61. The van der Waals surface area contributed by atoms with Gasteiger partial charge in [-0.3, -0.25) is 9.88 Å². The summed E-state index contributed by atoms with van der Waals surface area (Å²) in [6, 6.07) is 10.7. The molecule has 44 heavy (non-hydrogen) atoms. The van der Waals surface area contributed by atoms with E-state index in [4.69, 9.17) is 26.1 Å². The molecule has 3 aromatic heterocycles. The summed E-state index contributed by atoms with van der Waals surface area (Å²) in [6.07, 6.45) is 2.86. The normalized spacial score (nSPS) is 21.7. The SMILES string of the molecule is Cc1ccc2cc(O)cc(-c3ncc4c(-c5ccc6n5CCOC6)nc(OC[C@@]56CCCN5C[C@H](F)C6)nc4c3F)c2c1Cl. The Hall–Kier alpha value is -3.86. The van der Waals surface area contributed by atoms with Gasteiger partial charge >= 0.3 is 6.01 Å². The number of aromatic hydroxyl groups is 1. The molecule has 2 atom stereocenters. The summed E-state index contributed by atoms with van der Waals surface area (Å²) in [5.74, 6) is -0.717. The molecule has 11 heteroatoms. The van der Waals surface area contributed by atoms with Gasteiger partial charge in [-0.1, -0.05) is 23.7 Å². The molecule has 0 spiro atoms. The number of pyridine rings is 1. The van der Waals surface area contributed by atoms with Crippen LogP contribution in [0.3, 0.4) is 0 Å². The minimum absolute atomic E-state index is 0.00344. The third-order valence-corrected chi connectivity index (χ3v) is 9.89. The molecule has 2 fully saturated rings. The number of nitrogens with zero attached hydrogens (tertiary/aromatic N) is 5. The van der Waals surface area contributed by atoms with Crippen LogP contribution in [0.15, 0.2) is 42.6 Å². The summed E-state index contributed by atoms with van der Waals surface area (Å²) in [5.41, 5.74) is 3.05. The molecule has 0 aliphatic carbocycles. The number of aryl methyl sites for hydroxylation is 1. The van der Waals surface area contributed by atoms with Crippen LogP contribution in [-0.2, 0) is 17.9 Å². The number of aromatic nitrogens is 4. The maximum absolute atomic E-state index is 16.8. The minimum atomic E-state index is -0.903. The van der Waals surface area contributed by atoms with Crippen LogP contribution in [0.25, 0.3) is 44.3 Å². The molecule has 3 aliphatic rings. The van der Waals surface area contributed by atoms with Crippen LogP contribution in [0.5, 0.6) is 11.8 Å². The van der Waals surface area contributed by atoms with Crippen molar-refractivity contribution in [3.8, 4) is 34.4 Å². The van der Waals surface area contributed by atoms with Gasteiger partial charge < -0.3 is 19.1 Å². The molecule has 0 radical (unpaired) electrons. The van der Waals surface area contributed by atoms with Crippen LogP contribution in [0.2, 0.25) is 5.02 Å². The maximum Gasteiger partial charge on any atom is 0.317 e. The van der Waals surface area contributed by atoms with E-state index >= 15 is 4.39 Å². The topological polar surface area (TPSA) is 85.5 Å². The first kappa shape index (κ1) is 27.7. The van der Waals surface area contributed by atoms with E-state index in [-0.39, 0.29) is 29.6 Å². The number of halogens is 3. The van der Waals surface area contributed by atoms with E-state index in [1.807, 2.05) is 31.2 Å². The molecule has 0 bridgehead atoms. The predicted molar refractivity (Wildman–Crippen MR) is 163 cm³/mol. The summed E-state index contributed by atoms with van der Waals surface area (Å²) in [7, 11) is 0. The lowest BCUT2D eigenvalue weighted by Gasteiger charge is -2.30. The van der Waals surface area contributed by atoms with Gasteiger partial charge in [0.1, 0.15) is 35.4 Å². The minimum Gasteiger partial charge on any atom is -0.508 e. The van der Waals surface area contributed by atoms with Crippen molar-refractivity contribution in [1.82, 2.24) is 24.4 Å². The number of phenolic OH excluding ortho intramolecular Hbond substituents is 1. The van der Waals surface area contributed by atoms with Gasteiger partial charge in [-0.2, -0.15) is 9.97 Å². The number of alkyl halides is 1. The molecule has 8 nitrogen and oxygen atoms in total. The van der Waals surface area contributed by atoms with Crippen molar-refractivity contribution < 1.29 is 23.4 Å². The van der Waals surface area contributed by atoms with Crippen molar-refractivity contribution in [1.29, 1.82) is 0 Å². The Morgan fingerprint density at radius 3 is 2.93 bits per heavy atom. The molecular weight excluding hydrogens is 588 g/mol. The van der Waals surface area contributed by atoms with Crippen LogP contribution in [0.1, 0.15) is 30.5 Å². The van der Waals surface area contributed by atoms with E-state index in [0.29, 0.717) is 65.2 Å². The number of rotatable bonds is 5. The summed E-state index contributed by atoms with van der Waals surface area (Å²) >= 11 is 6.73. The fraction of sp³-hybridized carbons (Fsp3) is 0.364. The maximum atomic E-state index is 16.8. The Kier molecular flexibility index (Phi) is 6.51. The zero-order valence-electron chi connectivity index (χ0n) is 24.1. The lowest BCUT2D eigenvalue weighted by Crippen LogP contribution is -2.43. The summed E-state index contributed by atoms with van der Waals surface area (Å²) < 4.78 is 45.2. The fourth-order valence-corrected chi connectivity index (χ4v) is 7.54. The molecule has 0 unspecified atom stereocenters. The summed E-state index contributed by atoms with van der Waals surface area (Å²) in [5, 5.41) is 12.7. The molecule has 8 rings (SSSR count). The number of ether oxygens (including phenoxy) is 2. The monoisotopic (exact) mass is 617 g/mol. The Morgan fingerprint density at radius 1 is 1.16 bits per heavy atom. The Morgan fingerprint density at radius 2 is 2.05 bits per heavy atom. The lowest BCUT2D eigenvalue weighted by atomic mass is 9.95. The first-order chi connectivity index (χ1) is 21.3. The van der Waals surface area contributed by atoms with Gasteiger partial charge in [0.25, 0.3) is 0 Å². The highest BCUT2D eigenvalue weighted by atomic mass is 35.5. The van der Waals surface area contributed by atoms with Crippen molar-refractivity contribution in [2.24, 2.45) is 0 Å². The zero-order valence-corrected chi connectivity index (χ0v) is 24.9. The van der Waals surface area contributed by atoms with Crippen LogP contribution in [0.4, 0.5) is 8.78 Å². The van der Waals surface area contributed by atoms with Gasteiger partial charge in [0.2, 0.25) is 0 Å². The van der Waals surface area contributed by atoms with Gasteiger partial charge in [0.05, 0.1) is 29.5 Å². The molecule has 0 saturated carbocycles. The highest BCUT2D eigenvalue weighted by molar-refractivity contribution is 6.37. The molecule has 3 aliphatic heterocycles.